The van der Waals surface area contributed by atoms with E-state index in [1.54, 1.807) is 12.1 Å². The van der Waals surface area contributed by atoms with Gasteiger partial charge in [-0.2, -0.15) is 0 Å². The summed E-state index contributed by atoms with van der Waals surface area (Å²) >= 11 is 0. The van der Waals surface area contributed by atoms with E-state index in [1.807, 2.05) is 13.8 Å². The highest BCUT2D eigenvalue weighted by Crippen LogP contribution is 2.28. The second-order valence-electron chi connectivity index (χ2n) is 4.20. The molecule has 0 fully saturated rings. The van der Waals surface area contributed by atoms with Crippen molar-refractivity contribution in [3.8, 4) is 11.8 Å². The molecule has 2 aromatic rings. The number of carbonyl (C=O) groups excluding carboxylic acids is 1. The predicted octanol–water partition coefficient (Wildman–Crippen LogP) is 1.57. The van der Waals surface area contributed by atoms with Crippen molar-refractivity contribution in [1.29, 1.82) is 0 Å². The lowest BCUT2D eigenvalue weighted by Gasteiger charge is -2.11. The second-order valence-corrected chi connectivity index (χ2v) is 4.20. The Morgan fingerprint density at radius 3 is 2.16 bits per heavy atom. The third-order valence-corrected chi connectivity index (χ3v) is 2.59. The average molecular weight is 258 g/mol. The van der Waals surface area contributed by atoms with E-state index in [1.165, 1.54) is 12.4 Å². The first-order chi connectivity index (χ1) is 8.97. The molecule has 0 atom stereocenters. The molecule has 6 heteroatoms. The van der Waals surface area contributed by atoms with E-state index >= 15 is 0 Å². The van der Waals surface area contributed by atoms with Gasteiger partial charge in [0.15, 0.2) is 0 Å². The summed E-state index contributed by atoms with van der Waals surface area (Å²) < 4.78 is 5.60. The maximum atomic E-state index is 11.2. The number of hydrogen-bond donors (Lipinski definition) is 2. The van der Waals surface area contributed by atoms with Crippen LogP contribution in [0.1, 0.15) is 21.5 Å². The number of nitrogen functional groups attached to an aromatic ring is 1. The summed E-state index contributed by atoms with van der Waals surface area (Å²) in [7, 11) is 0. The largest absolute Gasteiger partial charge is 0.424 e. The lowest BCUT2D eigenvalue weighted by atomic mass is 10.1. The summed E-state index contributed by atoms with van der Waals surface area (Å²) in [6.07, 6.45) is 2.93. The number of primary amides is 1. The van der Waals surface area contributed by atoms with E-state index < -0.39 is 5.91 Å². The molecule has 0 saturated heterocycles. The van der Waals surface area contributed by atoms with Crippen LogP contribution in [0.2, 0.25) is 0 Å². The first-order valence-corrected chi connectivity index (χ1v) is 5.64. The molecule has 0 spiro atoms. The average Bonchev–Trinajstić information content (AvgIpc) is 2.35. The van der Waals surface area contributed by atoms with Crippen LogP contribution in [0.15, 0.2) is 24.5 Å². The molecule has 0 aliphatic rings. The summed E-state index contributed by atoms with van der Waals surface area (Å²) in [5.74, 6) is 0.135. The van der Waals surface area contributed by atoms with E-state index in [-0.39, 0.29) is 6.01 Å². The summed E-state index contributed by atoms with van der Waals surface area (Å²) in [5, 5.41) is 0. The van der Waals surface area contributed by atoms with Crippen LogP contribution < -0.4 is 16.2 Å². The molecule has 4 N–H and O–H groups in total. The molecule has 1 amide bonds. The van der Waals surface area contributed by atoms with E-state index in [0.29, 0.717) is 17.0 Å². The van der Waals surface area contributed by atoms with E-state index in [2.05, 4.69) is 9.97 Å². The Balaban J connectivity index is 2.35. The van der Waals surface area contributed by atoms with Gasteiger partial charge >= 0.3 is 6.01 Å². The number of benzene rings is 1. The number of anilines is 1. The van der Waals surface area contributed by atoms with Gasteiger partial charge in [-0.25, -0.2) is 9.97 Å². The summed E-state index contributed by atoms with van der Waals surface area (Å²) in [6, 6.07) is 3.54. The third-order valence-electron chi connectivity index (χ3n) is 2.59. The minimum atomic E-state index is -0.471. The van der Waals surface area contributed by atoms with Crippen LogP contribution in [-0.4, -0.2) is 15.9 Å². The normalized spacial score (nSPS) is 10.2. The molecule has 2 rings (SSSR count). The molecule has 1 aromatic carbocycles. The van der Waals surface area contributed by atoms with Gasteiger partial charge in [-0.15, -0.1) is 0 Å². The topological polar surface area (TPSA) is 104 Å². The van der Waals surface area contributed by atoms with Gasteiger partial charge in [-0.1, -0.05) is 0 Å². The number of nitrogens with two attached hydrogens (primary N) is 2. The zero-order valence-corrected chi connectivity index (χ0v) is 10.7. The number of hydrogen-bond acceptors (Lipinski definition) is 5. The van der Waals surface area contributed by atoms with Crippen molar-refractivity contribution in [3.05, 3.63) is 41.2 Å². The van der Waals surface area contributed by atoms with Crippen molar-refractivity contribution in [2.45, 2.75) is 13.8 Å². The Kier molecular flexibility index (Phi) is 3.33. The molecule has 1 aromatic heterocycles. The quantitative estimate of drug-likeness (QED) is 0.869. The van der Waals surface area contributed by atoms with E-state index in [4.69, 9.17) is 16.2 Å². The van der Waals surface area contributed by atoms with Gasteiger partial charge in [0.25, 0.3) is 0 Å². The standard InChI is InChI=1S/C13H14N4O2/c1-7-3-9(12(15)18)4-8(2)11(7)19-13-16-5-10(14)6-17-13/h3-6H,14H2,1-2H3,(H2,15,18). The molecule has 0 bridgehead atoms. The van der Waals surface area contributed by atoms with Gasteiger partial charge in [0, 0.05) is 5.56 Å². The number of ether oxygens (including phenoxy) is 1. The lowest BCUT2D eigenvalue weighted by Crippen LogP contribution is -2.11. The molecule has 6 nitrogen and oxygen atoms in total. The fraction of sp³-hybridized carbons (Fsp3) is 0.154. The van der Waals surface area contributed by atoms with Crippen molar-refractivity contribution in [3.63, 3.8) is 0 Å². The number of aryl methyl sites for hydroxylation is 2. The lowest BCUT2D eigenvalue weighted by molar-refractivity contribution is 0.1000. The monoisotopic (exact) mass is 258 g/mol. The van der Waals surface area contributed by atoms with E-state index in [9.17, 15) is 4.79 Å². The minimum absolute atomic E-state index is 0.201. The first kappa shape index (κ1) is 12.8. The number of aromatic nitrogens is 2. The second kappa shape index (κ2) is 4.93. The van der Waals surface area contributed by atoms with Crippen molar-refractivity contribution >= 4 is 11.6 Å². The van der Waals surface area contributed by atoms with Gasteiger partial charge in [-0.3, -0.25) is 4.79 Å². The Bertz CT molecular complexity index is 600. The summed E-state index contributed by atoms with van der Waals surface area (Å²) in [4.78, 5) is 19.1. The van der Waals surface area contributed by atoms with Crippen LogP contribution in [-0.2, 0) is 0 Å². The van der Waals surface area contributed by atoms with Crippen molar-refractivity contribution < 1.29 is 9.53 Å². The maximum Gasteiger partial charge on any atom is 0.322 e. The highest BCUT2D eigenvalue weighted by molar-refractivity contribution is 5.93. The van der Waals surface area contributed by atoms with Crippen LogP contribution in [0.3, 0.4) is 0 Å². The zero-order chi connectivity index (χ0) is 14.0. The molecular formula is C13H14N4O2. The van der Waals surface area contributed by atoms with Crippen LogP contribution in [0.5, 0.6) is 11.8 Å². The number of amides is 1. The Hall–Kier alpha value is -2.63. The zero-order valence-electron chi connectivity index (χ0n) is 10.7. The SMILES string of the molecule is Cc1cc(C(N)=O)cc(C)c1Oc1ncc(N)cn1. The van der Waals surface area contributed by atoms with Gasteiger partial charge in [0.2, 0.25) is 5.91 Å². The molecule has 0 aliphatic carbocycles. The fourth-order valence-corrected chi connectivity index (χ4v) is 1.72. The van der Waals surface area contributed by atoms with Crippen molar-refractivity contribution in [1.82, 2.24) is 9.97 Å². The highest BCUT2D eigenvalue weighted by atomic mass is 16.5. The molecule has 98 valence electrons. The molecule has 19 heavy (non-hydrogen) atoms. The van der Waals surface area contributed by atoms with Gasteiger partial charge in [0.1, 0.15) is 5.75 Å². The number of carbonyl (C=O) groups is 1. The highest BCUT2D eigenvalue weighted by Gasteiger charge is 2.11. The molecule has 0 unspecified atom stereocenters. The summed E-state index contributed by atoms with van der Waals surface area (Å²) in [6.45, 7) is 3.65. The van der Waals surface area contributed by atoms with Gasteiger partial charge in [0.05, 0.1) is 18.1 Å². The minimum Gasteiger partial charge on any atom is -0.424 e. The maximum absolute atomic E-state index is 11.2. The third kappa shape index (κ3) is 2.79. The Morgan fingerprint density at radius 1 is 1.16 bits per heavy atom. The van der Waals surface area contributed by atoms with Crippen LogP contribution >= 0.6 is 0 Å². The molecule has 1 heterocycles. The summed E-state index contributed by atoms with van der Waals surface area (Å²) in [5.41, 5.74) is 13.2. The molecular weight excluding hydrogens is 244 g/mol. The van der Waals surface area contributed by atoms with Crippen LogP contribution in [0, 0.1) is 13.8 Å². The predicted molar refractivity (Wildman–Crippen MR) is 71.0 cm³/mol. The molecule has 0 radical (unpaired) electrons. The molecule has 0 aliphatic heterocycles. The van der Waals surface area contributed by atoms with Crippen LogP contribution in [0.25, 0.3) is 0 Å². The van der Waals surface area contributed by atoms with Crippen LogP contribution in [0.4, 0.5) is 5.69 Å². The smallest absolute Gasteiger partial charge is 0.322 e. The van der Waals surface area contributed by atoms with Gasteiger partial charge in [-0.05, 0) is 37.1 Å². The number of nitrogens with zero attached hydrogens (tertiary/aromatic N) is 2. The Morgan fingerprint density at radius 2 is 1.68 bits per heavy atom. The molecule has 0 saturated carbocycles. The van der Waals surface area contributed by atoms with E-state index in [0.717, 1.165) is 11.1 Å². The van der Waals surface area contributed by atoms with Crippen molar-refractivity contribution in [2.24, 2.45) is 5.73 Å². The Labute approximate surface area is 110 Å². The fourth-order valence-electron chi connectivity index (χ4n) is 1.72. The number of rotatable bonds is 3. The van der Waals surface area contributed by atoms with Crippen molar-refractivity contribution in [2.75, 3.05) is 5.73 Å². The van der Waals surface area contributed by atoms with Gasteiger partial charge < -0.3 is 16.2 Å². The first-order valence-electron chi connectivity index (χ1n) is 5.64.